The van der Waals surface area contributed by atoms with Crippen LogP contribution in [0.1, 0.15) is 12.5 Å². The number of carbonyl (C=O) groups is 1. The second-order valence-electron chi connectivity index (χ2n) is 5.49. The van der Waals surface area contributed by atoms with E-state index < -0.39 is 0 Å². The molecule has 0 saturated carbocycles. The molecule has 1 fully saturated rings. The minimum atomic E-state index is -0.114. The lowest BCUT2D eigenvalue weighted by molar-refractivity contribution is -0.146. The minimum absolute atomic E-state index is 0.0323. The second kappa shape index (κ2) is 6.80. The van der Waals surface area contributed by atoms with E-state index in [9.17, 15) is 4.79 Å². The van der Waals surface area contributed by atoms with E-state index in [0.29, 0.717) is 5.92 Å². The summed E-state index contributed by atoms with van der Waals surface area (Å²) in [6.45, 7) is 4.52. The molecule has 1 heterocycles. The largest absolute Gasteiger partial charge is 0.493 e. The summed E-state index contributed by atoms with van der Waals surface area (Å²) in [5, 5.41) is 0. The number of methoxy groups -OCH3 is 3. The van der Waals surface area contributed by atoms with Gasteiger partial charge in [-0.05, 0) is 23.6 Å². The lowest BCUT2D eigenvalue weighted by atomic mass is 9.99. The molecule has 5 heteroatoms. The van der Waals surface area contributed by atoms with E-state index in [2.05, 4.69) is 11.8 Å². The van der Waals surface area contributed by atoms with Crippen molar-refractivity contribution in [3.63, 3.8) is 0 Å². The third kappa shape index (κ3) is 3.47. The first-order valence-corrected chi connectivity index (χ1v) is 7.10. The van der Waals surface area contributed by atoms with Crippen molar-refractivity contribution in [1.82, 2.24) is 4.90 Å². The van der Waals surface area contributed by atoms with Crippen molar-refractivity contribution in [2.45, 2.75) is 13.5 Å². The maximum atomic E-state index is 11.7. The molecule has 116 valence electrons. The van der Waals surface area contributed by atoms with Gasteiger partial charge in [0.05, 0.1) is 27.2 Å². The Balaban J connectivity index is 2.04. The van der Waals surface area contributed by atoms with Gasteiger partial charge >= 0.3 is 5.97 Å². The summed E-state index contributed by atoms with van der Waals surface area (Å²) in [7, 11) is 4.71. The SMILES string of the molecule is COC(=O)C1CN(Cc2ccc(OC)c(OC)c2)CC1C. The van der Waals surface area contributed by atoms with Gasteiger partial charge in [0.1, 0.15) is 0 Å². The second-order valence-corrected chi connectivity index (χ2v) is 5.49. The summed E-state index contributed by atoms with van der Waals surface area (Å²) in [6.07, 6.45) is 0. The van der Waals surface area contributed by atoms with Crippen LogP contribution in [-0.4, -0.2) is 45.3 Å². The van der Waals surface area contributed by atoms with Crippen molar-refractivity contribution < 1.29 is 19.0 Å². The Kier molecular flexibility index (Phi) is 5.07. The fraction of sp³-hybridized carbons (Fsp3) is 0.562. The van der Waals surface area contributed by atoms with Crippen molar-refractivity contribution in [1.29, 1.82) is 0 Å². The number of hydrogen-bond donors (Lipinski definition) is 0. The third-order valence-electron chi connectivity index (χ3n) is 4.05. The molecular formula is C16H23NO4. The van der Waals surface area contributed by atoms with Crippen LogP contribution in [-0.2, 0) is 16.1 Å². The van der Waals surface area contributed by atoms with Gasteiger partial charge in [0.2, 0.25) is 0 Å². The Morgan fingerprint density at radius 2 is 1.90 bits per heavy atom. The van der Waals surface area contributed by atoms with Gasteiger partial charge in [-0.15, -0.1) is 0 Å². The summed E-state index contributed by atoms with van der Waals surface area (Å²) < 4.78 is 15.4. The van der Waals surface area contributed by atoms with Gasteiger partial charge in [0.15, 0.2) is 11.5 Å². The highest BCUT2D eigenvalue weighted by Crippen LogP contribution is 2.30. The van der Waals surface area contributed by atoms with E-state index in [-0.39, 0.29) is 11.9 Å². The number of nitrogens with zero attached hydrogens (tertiary/aromatic N) is 1. The fourth-order valence-corrected chi connectivity index (χ4v) is 2.89. The Morgan fingerprint density at radius 1 is 1.19 bits per heavy atom. The summed E-state index contributed by atoms with van der Waals surface area (Å²) >= 11 is 0. The van der Waals surface area contributed by atoms with Crippen LogP contribution in [0.25, 0.3) is 0 Å². The molecule has 0 amide bonds. The highest BCUT2D eigenvalue weighted by molar-refractivity contribution is 5.73. The highest BCUT2D eigenvalue weighted by Gasteiger charge is 2.35. The maximum Gasteiger partial charge on any atom is 0.310 e. The molecule has 0 radical (unpaired) electrons. The summed E-state index contributed by atoms with van der Waals surface area (Å²) in [5.41, 5.74) is 1.14. The Labute approximate surface area is 125 Å². The molecule has 0 aliphatic carbocycles. The number of rotatable bonds is 5. The zero-order valence-corrected chi connectivity index (χ0v) is 13.1. The average Bonchev–Trinajstić information content (AvgIpc) is 2.86. The predicted octanol–water partition coefficient (Wildman–Crippen LogP) is 1.94. The average molecular weight is 293 g/mol. The molecule has 1 aromatic rings. The molecule has 1 saturated heterocycles. The zero-order valence-electron chi connectivity index (χ0n) is 13.1. The van der Waals surface area contributed by atoms with E-state index >= 15 is 0 Å². The highest BCUT2D eigenvalue weighted by atomic mass is 16.5. The van der Waals surface area contributed by atoms with E-state index in [1.165, 1.54) is 7.11 Å². The Bertz CT molecular complexity index is 503. The molecule has 0 aromatic heterocycles. The Morgan fingerprint density at radius 3 is 2.52 bits per heavy atom. The van der Waals surface area contributed by atoms with Crippen molar-refractivity contribution in [2.75, 3.05) is 34.4 Å². The van der Waals surface area contributed by atoms with Crippen LogP contribution in [0.4, 0.5) is 0 Å². The number of esters is 1. The van der Waals surface area contributed by atoms with Crippen LogP contribution in [0.15, 0.2) is 18.2 Å². The van der Waals surface area contributed by atoms with Crippen LogP contribution in [0, 0.1) is 11.8 Å². The molecule has 2 unspecified atom stereocenters. The maximum absolute atomic E-state index is 11.7. The molecule has 1 aromatic carbocycles. The lowest BCUT2D eigenvalue weighted by Crippen LogP contribution is -2.24. The first-order chi connectivity index (χ1) is 10.1. The van der Waals surface area contributed by atoms with E-state index in [1.807, 2.05) is 18.2 Å². The van der Waals surface area contributed by atoms with Crippen LogP contribution >= 0.6 is 0 Å². The van der Waals surface area contributed by atoms with Crippen molar-refractivity contribution in [3.8, 4) is 11.5 Å². The van der Waals surface area contributed by atoms with Crippen LogP contribution in [0.2, 0.25) is 0 Å². The first kappa shape index (κ1) is 15.6. The molecule has 1 aliphatic rings. The predicted molar refractivity (Wildman–Crippen MR) is 79.5 cm³/mol. The smallest absolute Gasteiger partial charge is 0.310 e. The monoisotopic (exact) mass is 293 g/mol. The van der Waals surface area contributed by atoms with Gasteiger partial charge in [0, 0.05) is 19.6 Å². The minimum Gasteiger partial charge on any atom is -0.493 e. The van der Waals surface area contributed by atoms with E-state index in [4.69, 9.17) is 14.2 Å². The molecule has 0 bridgehead atoms. The summed E-state index contributed by atoms with van der Waals surface area (Å²) in [6, 6.07) is 5.91. The standard InChI is InChI=1S/C16H23NO4/c1-11-8-17(10-13(11)16(18)21-4)9-12-5-6-14(19-2)15(7-12)20-3/h5-7,11,13H,8-10H2,1-4H3. The van der Waals surface area contributed by atoms with Crippen LogP contribution in [0.3, 0.4) is 0 Å². The lowest BCUT2D eigenvalue weighted by Gasteiger charge is -2.17. The van der Waals surface area contributed by atoms with Gasteiger partial charge in [-0.25, -0.2) is 0 Å². The van der Waals surface area contributed by atoms with Crippen molar-refractivity contribution in [3.05, 3.63) is 23.8 Å². The molecule has 0 spiro atoms. The molecule has 2 atom stereocenters. The molecule has 0 N–H and O–H groups in total. The molecule has 2 rings (SSSR count). The van der Waals surface area contributed by atoms with Crippen molar-refractivity contribution >= 4 is 5.97 Å². The van der Waals surface area contributed by atoms with Crippen LogP contribution in [0.5, 0.6) is 11.5 Å². The number of ether oxygens (including phenoxy) is 3. The van der Waals surface area contributed by atoms with E-state index in [0.717, 1.165) is 36.7 Å². The van der Waals surface area contributed by atoms with Gasteiger partial charge in [-0.3, -0.25) is 9.69 Å². The van der Waals surface area contributed by atoms with Gasteiger partial charge < -0.3 is 14.2 Å². The number of benzene rings is 1. The number of likely N-dealkylation sites (tertiary alicyclic amines) is 1. The number of carbonyl (C=O) groups excluding carboxylic acids is 1. The quantitative estimate of drug-likeness (QED) is 0.777. The summed E-state index contributed by atoms with van der Waals surface area (Å²) in [4.78, 5) is 14.0. The van der Waals surface area contributed by atoms with Crippen LogP contribution < -0.4 is 9.47 Å². The topological polar surface area (TPSA) is 48.0 Å². The zero-order chi connectivity index (χ0) is 15.4. The molecule has 5 nitrogen and oxygen atoms in total. The normalized spacial score (nSPS) is 22.1. The third-order valence-corrected chi connectivity index (χ3v) is 4.05. The molecule has 1 aliphatic heterocycles. The molecule has 21 heavy (non-hydrogen) atoms. The molecular weight excluding hydrogens is 270 g/mol. The first-order valence-electron chi connectivity index (χ1n) is 7.10. The number of hydrogen-bond acceptors (Lipinski definition) is 5. The van der Waals surface area contributed by atoms with E-state index in [1.54, 1.807) is 14.2 Å². The Hall–Kier alpha value is -1.75. The van der Waals surface area contributed by atoms with Gasteiger partial charge in [-0.1, -0.05) is 13.0 Å². The fourth-order valence-electron chi connectivity index (χ4n) is 2.89. The van der Waals surface area contributed by atoms with Gasteiger partial charge in [0.25, 0.3) is 0 Å². The van der Waals surface area contributed by atoms with Gasteiger partial charge in [-0.2, -0.15) is 0 Å². The van der Waals surface area contributed by atoms with Crippen molar-refractivity contribution in [2.24, 2.45) is 11.8 Å². The summed E-state index contributed by atoms with van der Waals surface area (Å²) in [5.74, 6) is 1.63.